The third-order valence-electron chi connectivity index (χ3n) is 6.06. The van der Waals surface area contributed by atoms with Crippen molar-refractivity contribution in [3.8, 4) is 5.88 Å². The summed E-state index contributed by atoms with van der Waals surface area (Å²) in [4.78, 5) is 11.4. The Morgan fingerprint density at radius 2 is 2.15 bits per heavy atom. The third-order valence-corrected chi connectivity index (χ3v) is 6.06. The topological polar surface area (TPSA) is 52.4 Å². The lowest BCUT2D eigenvalue weighted by atomic mass is 9.79. The van der Waals surface area contributed by atoms with Gasteiger partial charge < -0.3 is 14.0 Å². The summed E-state index contributed by atoms with van der Waals surface area (Å²) in [6.07, 6.45) is 10.0. The molecule has 6 heteroatoms. The number of nitrogens with zero attached hydrogens (tertiary/aromatic N) is 4. The lowest BCUT2D eigenvalue weighted by molar-refractivity contribution is -0.0846. The molecule has 0 aromatic carbocycles. The van der Waals surface area contributed by atoms with Crippen molar-refractivity contribution in [3.63, 3.8) is 0 Å². The molecule has 0 bridgehead atoms. The second-order valence-electron chi connectivity index (χ2n) is 7.32. The molecule has 140 valence electrons. The number of likely N-dealkylation sites (tertiary alicyclic amines) is 1. The summed E-state index contributed by atoms with van der Waals surface area (Å²) in [7, 11) is 1.86. The average Bonchev–Trinajstić information content (AvgIpc) is 3.28. The fraction of sp³-hybridized carbons (Fsp3) is 0.600. The van der Waals surface area contributed by atoms with Gasteiger partial charge in [-0.05, 0) is 32.3 Å². The van der Waals surface area contributed by atoms with Gasteiger partial charge in [-0.1, -0.05) is 6.07 Å². The Kier molecular flexibility index (Phi) is 4.96. The molecule has 2 fully saturated rings. The van der Waals surface area contributed by atoms with E-state index >= 15 is 0 Å². The van der Waals surface area contributed by atoms with E-state index in [1.54, 1.807) is 6.20 Å². The third kappa shape index (κ3) is 3.23. The van der Waals surface area contributed by atoms with E-state index in [1.165, 1.54) is 0 Å². The number of pyridine rings is 1. The minimum absolute atomic E-state index is 0.0480. The highest BCUT2D eigenvalue weighted by Gasteiger charge is 2.51. The largest absolute Gasteiger partial charge is 0.474 e. The van der Waals surface area contributed by atoms with Crippen LogP contribution in [0.5, 0.6) is 5.88 Å². The van der Waals surface area contributed by atoms with E-state index < -0.39 is 0 Å². The SMILES string of the molecule is CCn1ccnc1CN1CC[C@]2(OC)CCC(Oc3ccccn3)CC12. The molecule has 6 nitrogen and oxygen atoms in total. The van der Waals surface area contributed by atoms with Crippen molar-refractivity contribution in [1.29, 1.82) is 0 Å². The van der Waals surface area contributed by atoms with Gasteiger partial charge in [-0.3, -0.25) is 4.90 Å². The van der Waals surface area contributed by atoms with Gasteiger partial charge in [-0.15, -0.1) is 0 Å². The standard InChI is InChI=1S/C20H28N4O2/c1-3-23-13-11-21-18(23)15-24-12-9-20(25-2)8-7-16(14-17(20)24)26-19-6-4-5-10-22-19/h4-6,10-11,13,16-17H,3,7-9,12,14-15H2,1-2H3/t16?,17?,20-/m1/s1. The van der Waals surface area contributed by atoms with Crippen LogP contribution in [0.25, 0.3) is 0 Å². The van der Waals surface area contributed by atoms with E-state index in [2.05, 4.69) is 32.6 Å². The van der Waals surface area contributed by atoms with Crippen molar-refractivity contribution in [2.45, 2.75) is 63.4 Å². The summed E-state index contributed by atoms with van der Waals surface area (Å²) >= 11 is 0. The minimum Gasteiger partial charge on any atom is -0.474 e. The molecule has 0 amide bonds. The second-order valence-corrected chi connectivity index (χ2v) is 7.32. The molecular weight excluding hydrogens is 328 g/mol. The van der Waals surface area contributed by atoms with Gasteiger partial charge in [0.2, 0.25) is 5.88 Å². The fourth-order valence-electron chi connectivity index (χ4n) is 4.60. The van der Waals surface area contributed by atoms with Crippen molar-refractivity contribution in [1.82, 2.24) is 19.4 Å². The number of methoxy groups -OCH3 is 1. The van der Waals surface area contributed by atoms with E-state index in [0.717, 1.165) is 51.1 Å². The minimum atomic E-state index is -0.0480. The van der Waals surface area contributed by atoms with Crippen LogP contribution >= 0.6 is 0 Å². The summed E-state index contributed by atoms with van der Waals surface area (Å²) in [5.41, 5.74) is -0.0480. The molecule has 1 aliphatic heterocycles. The van der Waals surface area contributed by atoms with Crippen LogP contribution < -0.4 is 4.74 Å². The predicted octanol–water partition coefficient (Wildman–Crippen LogP) is 2.89. The molecule has 3 heterocycles. The summed E-state index contributed by atoms with van der Waals surface area (Å²) in [5, 5.41) is 0. The van der Waals surface area contributed by atoms with Gasteiger partial charge in [-0.25, -0.2) is 9.97 Å². The van der Waals surface area contributed by atoms with Crippen molar-refractivity contribution >= 4 is 0 Å². The normalized spacial score (nSPS) is 28.8. The first-order valence-corrected chi connectivity index (χ1v) is 9.61. The Morgan fingerprint density at radius 1 is 1.23 bits per heavy atom. The fourth-order valence-corrected chi connectivity index (χ4v) is 4.60. The predicted molar refractivity (Wildman–Crippen MR) is 99.0 cm³/mol. The van der Waals surface area contributed by atoms with Crippen LogP contribution in [0, 0.1) is 0 Å². The Labute approximate surface area is 155 Å². The number of rotatable bonds is 6. The maximum Gasteiger partial charge on any atom is 0.213 e. The molecule has 2 aromatic heterocycles. The average molecular weight is 356 g/mol. The molecule has 1 saturated carbocycles. The summed E-state index contributed by atoms with van der Waals surface area (Å²) in [6.45, 7) is 5.03. The van der Waals surface area contributed by atoms with Crippen LogP contribution in [0.3, 0.4) is 0 Å². The monoisotopic (exact) mass is 356 g/mol. The molecule has 0 spiro atoms. The number of fused-ring (bicyclic) bond motifs is 1. The quantitative estimate of drug-likeness (QED) is 0.797. The molecule has 2 unspecified atom stereocenters. The van der Waals surface area contributed by atoms with Crippen LogP contribution in [0.15, 0.2) is 36.8 Å². The smallest absolute Gasteiger partial charge is 0.213 e. The van der Waals surface area contributed by atoms with Crippen LogP contribution in [0.1, 0.15) is 38.4 Å². The molecule has 2 aliphatic rings. The highest BCUT2D eigenvalue weighted by molar-refractivity contribution is 5.12. The highest BCUT2D eigenvalue weighted by atomic mass is 16.5. The van der Waals surface area contributed by atoms with E-state index in [9.17, 15) is 0 Å². The molecule has 3 atom stereocenters. The van der Waals surface area contributed by atoms with Gasteiger partial charge in [0.1, 0.15) is 11.9 Å². The molecule has 0 radical (unpaired) electrons. The van der Waals surface area contributed by atoms with Gasteiger partial charge in [0, 0.05) is 57.3 Å². The van der Waals surface area contributed by atoms with Crippen molar-refractivity contribution < 1.29 is 9.47 Å². The summed E-state index contributed by atoms with van der Waals surface area (Å²) < 4.78 is 14.5. The summed E-state index contributed by atoms with van der Waals surface area (Å²) in [6, 6.07) is 6.18. The maximum absolute atomic E-state index is 6.17. The number of imidazole rings is 1. The first-order chi connectivity index (χ1) is 12.7. The van der Waals surface area contributed by atoms with E-state index in [1.807, 2.05) is 31.5 Å². The first kappa shape index (κ1) is 17.5. The van der Waals surface area contributed by atoms with Gasteiger partial charge in [0.15, 0.2) is 0 Å². The van der Waals surface area contributed by atoms with Gasteiger partial charge in [-0.2, -0.15) is 0 Å². The van der Waals surface area contributed by atoms with Crippen molar-refractivity contribution in [3.05, 3.63) is 42.6 Å². The van der Waals surface area contributed by atoms with Crippen molar-refractivity contribution in [2.24, 2.45) is 0 Å². The molecule has 1 aliphatic carbocycles. The zero-order chi connectivity index (χ0) is 18.0. The lowest BCUT2D eigenvalue weighted by Crippen LogP contribution is -2.52. The number of aromatic nitrogens is 3. The van der Waals surface area contributed by atoms with Crippen molar-refractivity contribution in [2.75, 3.05) is 13.7 Å². The lowest BCUT2D eigenvalue weighted by Gasteiger charge is -2.43. The Hall–Kier alpha value is -1.92. The number of ether oxygens (including phenoxy) is 2. The zero-order valence-electron chi connectivity index (χ0n) is 15.7. The zero-order valence-corrected chi connectivity index (χ0v) is 15.7. The number of aryl methyl sites for hydroxylation is 1. The van der Waals surface area contributed by atoms with Crippen LogP contribution in [-0.4, -0.2) is 50.8 Å². The van der Waals surface area contributed by atoms with E-state index in [0.29, 0.717) is 11.9 Å². The Morgan fingerprint density at radius 3 is 2.92 bits per heavy atom. The van der Waals surface area contributed by atoms with Crippen LogP contribution in [0.2, 0.25) is 0 Å². The van der Waals surface area contributed by atoms with Gasteiger partial charge in [0.25, 0.3) is 0 Å². The molecule has 26 heavy (non-hydrogen) atoms. The second kappa shape index (κ2) is 7.37. The Balaban J connectivity index is 1.49. The molecular formula is C20H28N4O2. The maximum atomic E-state index is 6.17. The first-order valence-electron chi connectivity index (χ1n) is 9.61. The molecule has 1 saturated heterocycles. The van der Waals surface area contributed by atoms with Crippen LogP contribution in [0.4, 0.5) is 0 Å². The number of hydrogen-bond acceptors (Lipinski definition) is 5. The Bertz CT molecular complexity index is 720. The molecule has 4 rings (SSSR count). The van der Waals surface area contributed by atoms with Gasteiger partial charge >= 0.3 is 0 Å². The van der Waals surface area contributed by atoms with Gasteiger partial charge in [0.05, 0.1) is 12.1 Å². The van der Waals surface area contributed by atoms with E-state index in [-0.39, 0.29) is 11.7 Å². The molecule has 0 N–H and O–H groups in total. The highest BCUT2D eigenvalue weighted by Crippen LogP contribution is 2.43. The number of hydrogen-bond donors (Lipinski definition) is 0. The molecule has 2 aromatic rings. The van der Waals surface area contributed by atoms with E-state index in [4.69, 9.17) is 9.47 Å². The van der Waals surface area contributed by atoms with Crippen LogP contribution in [-0.2, 0) is 17.8 Å². The summed E-state index contributed by atoms with van der Waals surface area (Å²) in [5.74, 6) is 1.85.